The number of carbonyl (C=O) groups excluding carboxylic acids is 1. The highest BCUT2D eigenvalue weighted by molar-refractivity contribution is 7.84. The lowest BCUT2D eigenvalue weighted by Crippen LogP contribution is -2.26. The van der Waals surface area contributed by atoms with Crippen LogP contribution in [0, 0.1) is 11.3 Å². The molecule has 0 fully saturated rings. The van der Waals surface area contributed by atoms with Gasteiger partial charge in [-0.3, -0.25) is 4.79 Å². The summed E-state index contributed by atoms with van der Waals surface area (Å²) in [5.74, 6) is -0.466. The molecule has 1 aromatic rings. The zero-order valence-electron chi connectivity index (χ0n) is 11.1. The molecule has 1 aliphatic heterocycles. The largest absolute Gasteiger partial charge is 0.353 e. The zero-order valence-corrected chi connectivity index (χ0v) is 12.7. The highest BCUT2D eigenvalue weighted by Crippen LogP contribution is 2.39. The summed E-state index contributed by atoms with van der Waals surface area (Å²) in [4.78, 5) is 11.9. The van der Waals surface area contributed by atoms with Crippen LogP contribution in [0.2, 0.25) is 5.02 Å². The molecule has 0 bridgehead atoms. The summed E-state index contributed by atoms with van der Waals surface area (Å²) in [6, 6.07) is 9.29. The van der Waals surface area contributed by atoms with Gasteiger partial charge < -0.3 is 5.32 Å². The van der Waals surface area contributed by atoms with Gasteiger partial charge >= 0.3 is 0 Å². The second kappa shape index (κ2) is 5.74. The fourth-order valence-electron chi connectivity index (χ4n) is 2.38. The molecule has 3 nitrogen and oxygen atoms in total. The van der Waals surface area contributed by atoms with E-state index in [9.17, 15) is 10.1 Å². The molecular formula is C15H13ClN2OS. The Labute approximate surface area is 128 Å². The number of Topliss-reactive ketones (excluding diaryl/α,β-unsaturated/α-hetero) is 1. The van der Waals surface area contributed by atoms with Crippen LogP contribution in [0.25, 0.3) is 0 Å². The highest BCUT2D eigenvalue weighted by Gasteiger charge is 2.31. The van der Waals surface area contributed by atoms with Gasteiger partial charge in [0, 0.05) is 16.3 Å². The van der Waals surface area contributed by atoms with E-state index in [1.165, 1.54) is 6.92 Å². The first-order chi connectivity index (χ1) is 9.45. The number of halogens is 1. The van der Waals surface area contributed by atoms with Crippen LogP contribution < -0.4 is 5.32 Å². The van der Waals surface area contributed by atoms with Crippen molar-refractivity contribution in [2.24, 2.45) is 0 Å². The summed E-state index contributed by atoms with van der Waals surface area (Å²) in [5.41, 5.74) is 2.60. The van der Waals surface area contributed by atoms with Gasteiger partial charge in [0.1, 0.15) is 0 Å². The van der Waals surface area contributed by atoms with Gasteiger partial charge in [0.05, 0.1) is 22.6 Å². The van der Waals surface area contributed by atoms with Crippen LogP contribution in [0.3, 0.4) is 0 Å². The standard InChI is InChI=1S/C15H13ClN2OS/c1-8-13(9(2)19)14(12(7-17)15(20)18-8)10-3-5-11(16)6-4-10/h3-6,14,18,20H,1-2H3/t14-/m0/s1. The van der Waals surface area contributed by atoms with Crippen molar-refractivity contribution in [3.63, 3.8) is 0 Å². The third-order valence-electron chi connectivity index (χ3n) is 3.25. The van der Waals surface area contributed by atoms with Crippen LogP contribution in [0.4, 0.5) is 0 Å². The maximum atomic E-state index is 11.9. The minimum Gasteiger partial charge on any atom is -0.353 e. The van der Waals surface area contributed by atoms with Crippen molar-refractivity contribution in [3.8, 4) is 6.07 Å². The Balaban J connectivity index is 2.64. The molecule has 0 unspecified atom stereocenters. The van der Waals surface area contributed by atoms with E-state index in [1.54, 1.807) is 12.1 Å². The van der Waals surface area contributed by atoms with E-state index >= 15 is 0 Å². The van der Waals surface area contributed by atoms with Crippen LogP contribution in [-0.2, 0) is 4.79 Å². The first-order valence-electron chi connectivity index (χ1n) is 6.03. The summed E-state index contributed by atoms with van der Waals surface area (Å²) in [6.07, 6.45) is 0. The molecule has 20 heavy (non-hydrogen) atoms. The molecule has 102 valence electrons. The maximum Gasteiger partial charge on any atom is 0.158 e. The Kier molecular flexibility index (Phi) is 4.22. The van der Waals surface area contributed by atoms with Gasteiger partial charge in [-0.1, -0.05) is 23.7 Å². The predicted octanol–water partition coefficient (Wildman–Crippen LogP) is 3.55. The van der Waals surface area contributed by atoms with Gasteiger partial charge in [-0.15, -0.1) is 12.6 Å². The number of carbonyl (C=O) groups is 1. The molecule has 0 saturated carbocycles. The first kappa shape index (κ1) is 14.7. The van der Waals surface area contributed by atoms with Gasteiger partial charge in [-0.25, -0.2) is 0 Å². The van der Waals surface area contributed by atoms with E-state index in [0.717, 1.165) is 11.3 Å². The van der Waals surface area contributed by atoms with Crippen molar-refractivity contribution >= 4 is 30.0 Å². The third kappa shape index (κ3) is 2.60. The second-order valence-electron chi connectivity index (χ2n) is 4.58. The smallest absolute Gasteiger partial charge is 0.158 e. The number of benzene rings is 1. The van der Waals surface area contributed by atoms with Crippen LogP contribution >= 0.6 is 24.2 Å². The fourth-order valence-corrected chi connectivity index (χ4v) is 2.86. The molecular weight excluding hydrogens is 292 g/mol. The van der Waals surface area contributed by atoms with Crippen molar-refractivity contribution in [2.75, 3.05) is 0 Å². The third-order valence-corrected chi connectivity index (χ3v) is 3.85. The van der Waals surface area contributed by atoms with E-state index < -0.39 is 5.92 Å². The van der Waals surface area contributed by atoms with Crippen LogP contribution in [-0.4, -0.2) is 5.78 Å². The van der Waals surface area contributed by atoms with Crippen molar-refractivity contribution in [3.05, 3.63) is 56.7 Å². The molecule has 0 spiro atoms. The highest BCUT2D eigenvalue weighted by atomic mass is 35.5. The Morgan fingerprint density at radius 2 is 2.00 bits per heavy atom. The zero-order chi connectivity index (χ0) is 14.9. The van der Waals surface area contributed by atoms with Crippen molar-refractivity contribution in [2.45, 2.75) is 19.8 Å². The summed E-state index contributed by atoms with van der Waals surface area (Å²) >= 11 is 10.2. The van der Waals surface area contributed by atoms with Gasteiger partial charge in [-0.2, -0.15) is 5.26 Å². The monoisotopic (exact) mass is 304 g/mol. The summed E-state index contributed by atoms with van der Waals surface area (Å²) in [6.45, 7) is 3.31. The number of hydrogen-bond acceptors (Lipinski definition) is 4. The first-order valence-corrected chi connectivity index (χ1v) is 6.85. The number of nitriles is 1. The van der Waals surface area contributed by atoms with Gasteiger partial charge in [0.2, 0.25) is 0 Å². The molecule has 2 rings (SSSR count). The average Bonchev–Trinajstić information content (AvgIpc) is 2.38. The predicted molar refractivity (Wildman–Crippen MR) is 82.3 cm³/mol. The topological polar surface area (TPSA) is 52.9 Å². The molecule has 0 aliphatic carbocycles. The number of dihydropyridines is 1. The molecule has 1 aromatic carbocycles. The van der Waals surface area contributed by atoms with Crippen molar-refractivity contribution in [1.29, 1.82) is 5.26 Å². The number of ketones is 1. The Morgan fingerprint density at radius 1 is 1.40 bits per heavy atom. The Hall–Kier alpha value is -1.70. The van der Waals surface area contributed by atoms with E-state index in [1.807, 2.05) is 19.1 Å². The molecule has 1 atom stereocenters. The molecule has 1 aliphatic rings. The average molecular weight is 305 g/mol. The molecule has 0 radical (unpaired) electrons. The van der Waals surface area contributed by atoms with Crippen LogP contribution in [0.5, 0.6) is 0 Å². The summed E-state index contributed by atoms with van der Waals surface area (Å²) < 4.78 is 0. The molecule has 5 heteroatoms. The SMILES string of the molecule is CC(=O)C1=C(C)NC(S)=C(C#N)[C@@H]1c1ccc(Cl)cc1. The van der Waals surface area contributed by atoms with E-state index in [-0.39, 0.29) is 5.78 Å². The minimum absolute atomic E-state index is 0.0662. The molecule has 0 saturated heterocycles. The Bertz CT molecular complexity index is 668. The lowest BCUT2D eigenvalue weighted by molar-refractivity contribution is -0.113. The van der Waals surface area contributed by atoms with Crippen molar-refractivity contribution in [1.82, 2.24) is 5.32 Å². The molecule has 0 aromatic heterocycles. The van der Waals surface area contributed by atoms with Gasteiger partial charge in [0.15, 0.2) is 5.78 Å². The summed E-state index contributed by atoms with van der Waals surface area (Å²) in [5, 5.41) is 13.4. The quantitative estimate of drug-likeness (QED) is 0.822. The molecule has 1 N–H and O–H groups in total. The number of nitrogens with zero attached hydrogens (tertiary/aromatic N) is 1. The maximum absolute atomic E-state index is 11.9. The normalized spacial score (nSPS) is 18.6. The van der Waals surface area contributed by atoms with Crippen molar-refractivity contribution < 1.29 is 4.79 Å². The number of hydrogen-bond donors (Lipinski definition) is 2. The van der Waals surface area contributed by atoms with Gasteiger partial charge in [-0.05, 0) is 31.5 Å². The number of thiol groups is 1. The Morgan fingerprint density at radius 3 is 2.50 bits per heavy atom. The fraction of sp³-hybridized carbons (Fsp3) is 0.200. The summed E-state index contributed by atoms with van der Waals surface area (Å²) in [7, 11) is 0. The van der Waals surface area contributed by atoms with Gasteiger partial charge in [0.25, 0.3) is 0 Å². The molecule has 1 heterocycles. The second-order valence-corrected chi connectivity index (χ2v) is 5.46. The molecule has 0 amide bonds. The van der Waals surface area contributed by atoms with E-state index in [0.29, 0.717) is 21.2 Å². The van der Waals surface area contributed by atoms with Crippen LogP contribution in [0.1, 0.15) is 25.3 Å². The minimum atomic E-state index is -0.400. The van der Waals surface area contributed by atoms with E-state index in [4.69, 9.17) is 11.6 Å². The number of rotatable bonds is 2. The lowest BCUT2D eigenvalue weighted by Gasteiger charge is -2.27. The number of nitrogens with one attached hydrogen (secondary N) is 1. The van der Waals surface area contributed by atoms with Crippen LogP contribution in [0.15, 0.2) is 46.1 Å². The number of allylic oxidation sites excluding steroid dienone is 3. The lowest BCUT2D eigenvalue weighted by atomic mass is 9.81. The van der Waals surface area contributed by atoms with E-state index in [2.05, 4.69) is 24.0 Å².